The summed E-state index contributed by atoms with van der Waals surface area (Å²) in [7, 11) is -3.25. The number of rotatable bonds is 4. The number of halogens is 2. The minimum atomic E-state index is -4.33. The minimum Gasteiger partial charge on any atom is -0.468 e. The van der Waals surface area contributed by atoms with E-state index in [0.29, 0.717) is 12.1 Å². The van der Waals surface area contributed by atoms with Crippen molar-refractivity contribution >= 4 is 16.0 Å². The molecule has 1 unspecified atom stereocenters. The van der Waals surface area contributed by atoms with E-state index in [4.69, 9.17) is 0 Å². The van der Waals surface area contributed by atoms with Gasteiger partial charge in [-0.2, -0.15) is 4.72 Å². The molecule has 0 aromatic heterocycles. The van der Waals surface area contributed by atoms with Crippen molar-refractivity contribution in [3.8, 4) is 0 Å². The molecule has 0 spiro atoms. The first-order chi connectivity index (χ1) is 8.27. The molecule has 8 heteroatoms. The van der Waals surface area contributed by atoms with Gasteiger partial charge in [0.25, 0.3) is 0 Å². The summed E-state index contributed by atoms with van der Waals surface area (Å²) in [5.74, 6) is -2.85. The maximum atomic E-state index is 13.3. The molecule has 0 aliphatic heterocycles. The lowest BCUT2D eigenvalue weighted by molar-refractivity contribution is -0.142. The van der Waals surface area contributed by atoms with Crippen molar-refractivity contribution in [2.75, 3.05) is 7.11 Å². The van der Waals surface area contributed by atoms with Crippen LogP contribution in [-0.4, -0.2) is 27.5 Å². The van der Waals surface area contributed by atoms with Crippen LogP contribution in [0.2, 0.25) is 0 Å². The monoisotopic (exact) mass is 279 g/mol. The minimum absolute atomic E-state index is 0.529. The first-order valence-corrected chi connectivity index (χ1v) is 6.31. The van der Waals surface area contributed by atoms with E-state index in [1.807, 2.05) is 4.72 Å². The van der Waals surface area contributed by atoms with Gasteiger partial charge in [0.1, 0.15) is 22.6 Å². The topological polar surface area (TPSA) is 72.5 Å². The maximum absolute atomic E-state index is 13.3. The van der Waals surface area contributed by atoms with Crippen molar-refractivity contribution in [1.82, 2.24) is 4.72 Å². The fourth-order valence-corrected chi connectivity index (χ4v) is 2.49. The van der Waals surface area contributed by atoms with Crippen LogP contribution in [0, 0.1) is 11.6 Å². The molecule has 0 bridgehead atoms. The van der Waals surface area contributed by atoms with Crippen LogP contribution in [0.5, 0.6) is 0 Å². The Labute approximate surface area is 103 Å². The van der Waals surface area contributed by atoms with Crippen LogP contribution >= 0.6 is 0 Å². The number of hydrogen-bond donors (Lipinski definition) is 1. The predicted molar refractivity (Wildman–Crippen MR) is 58.2 cm³/mol. The first kappa shape index (κ1) is 14.5. The Morgan fingerprint density at radius 2 is 2.00 bits per heavy atom. The van der Waals surface area contributed by atoms with Gasteiger partial charge in [0.2, 0.25) is 10.0 Å². The number of carbonyl (C=O) groups is 1. The lowest BCUT2D eigenvalue weighted by Gasteiger charge is -2.12. The summed E-state index contributed by atoms with van der Waals surface area (Å²) in [5.41, 5.74) is 0. The number of sulfonamides is 1. The van der Waals surface area contributed by atoms with E-state index in [1.165, 1.54) is 6.92 Å². The van der Waals surface area contributed by atoms with E-state index < -0.39 is 38.6 Å². The van der Waals surface area contributed by atoms with E-state index in [-0.39, 0.29) is 0 Å². The molecule has 1 rings (SSSR count). The lowest BCUT2D eigenvalue weighted by Crippen LogP contribution is -2.39. The third kappa shape index (κ3) is 3.23. The number of hydrogen-bond acceptors (Lipinski definition) is 4. The van der Waals surface area contributed by atoms with Crippen LogP contribution in [0.3, 0.4) is 0 Å². The van der Waals surface area contributed by atoms with Crippen LogP contribution in [0.15, 0.2) is 23.1 Å². The molecule has 0 radical (unpaired) electrons. The van der Waals surface area contributed by atoms with Crippen molar-refractivity contribution < 1.29 is 26.7 Å². The van der Waals surface area contributed by atoms with Gasteiger partial charge < -0.3 is 4.74 Å². The van der Waals surface area contributed by atoms with E-state index in [2.05, 4.69) is 4.74 Å². The molecule has 0 heterocycles. The number of nitrogens with one attached hydrogen (secondary N) is 1. The van der Waals surface area contributed by atoms with Gasteiger partial charge in [-0.1, -0.05) is 0 Å². The molecule has 0 aliphatic rings. The highest BCUT2D eigenvalue weighted by Gasteiger charge is 2.25. The van der Waals surface area contributed by atoms with Gasteiger partial charge in [0.05, 0.1) is 7.11 Å². The second-order valence-corrected chi connectivity index (χ2v) is 5.12. The summed E-state index contributed by atoms with van der Waals surface area (Å²) in [6, 6.07) is 0.801. The molecule has 5 nitrogen and oxygen atoms in total. The number of methoxy groups -OCH3 is 1. The zero-order valence-corrected chi connectivity index (χ0v) is 10.4. The second-order valence-electron chi connectivity index (χ2n) is 3.44. The smallest absolute Gasteiger partial charge is 0.323 e. The SMILES string of the molecule is COC(=O)C(C)NS(=O)(=O)c1cc(F)ccc1F. The van der Waals surface area contributed by atoms with Crippen LogP contribution in [-0.2, 0) is 19.6 Å². The highest BCUT2D eigenvalue weighted by Crippen LogP contribution is 2.16. The molecule has 0 aliphatic carbocycles. The molecular weight excluding hydrogens is 268 g/mol. The molecule has 100 valence electrons. The van der Waals surface area contributed by atoms with E-state index >= 15 is 0 Å². The van der Waals surface area contributed by atoms with Crippen molar-refractivity contribution in [3.63, 3.8) is 0 Å². The zero-order valence-electron chi connectivity index (χ0n) is 9.61. The Kier molecular flexibility index (Phi) is 4.36. The van der Waals surface area contributed by atoms with Gasteiger partial charge in [-0.25, -0.2) is 17.2 Å². The fraction of sp³-hybridized carbons (Fsp3) is 0.300. The number of benzene rings is 1. The number of ether oxygens (including phenoxy) is 1. The lowest BCUT2D eigenvalue weighted by atomic mass is 10.3. The highest BCUT2D eigenvalue weighted by molar-refractivity contribution is 7.89. The van der Waals surface area contributed by atoms with Gasteiger partial charge in [0, 0.05) is 0 Å². The summed E-state index contributed by atoms with van der Waals surface area (Å²) >= 11 is 0. The first-order valence-electron chi connectivity index (χ1n) is 4.83. The van der Waals surface area contributed by atoms with Crippen LogP contribution in [0.1, 0.15) is 6.92 Å². The largest absolute Gasteiger partial charge is 0.468 e. The van der Waals surface area contributed by atoms with Crippen molar-refractivity contribution in [2.24, 2.45) is 0 Å². The summed E-state index contributed by atoms with van der Waals surface area (Å²) in [6.07, 6.45) is 0. The Hall–Kier alpha value is -1.54. The van der Waals surface area contributed by atoms with E-state index in [0.717, 1.165) is 13.2 Å². The van der Waals surface area contributed by atoms with Crippen LogP contribution in [0.25, 0.3) is 0 Å². The normalized spacial score (nSPS) is 13.1. The van der Waals surface area contributed by atoms with Gasteiger partial charge >= 0.3 is 5.97 Å². The second kappa shape index (κ2) is 5.40. The van der Waals surface area contributed by atoms with Gasteiger partial charge in [-0.3, -0.25) is 4.79 Å². The highest BCUT2D eigenvalue weighted by atomic mass is 32.2. The summed E-state index contributed by atoms with van der Waals surface area (Å²) in [6.45, 7) is 1.22. The molecule has 18 heavy (non-hydrogen) atoms. The average Bonchev–Trinajstić information content (AvgIpc) is 2.30. The Morgan fingerprint density at radius 3 is 2.56 bits per heavy atom. The van der Waals surface area contributed by atoms with Crippen molar-refractivity contribution in [1.29, 1.82) is 0 Å². The molecule has 1 N–H and O–H groups in total. The van der Waals surface area contributed by atoms with Crippen molar-refractivity contribution in [3.05, 3.63) is 29.8 Å². The molecule has 0 amide bonds. The van der Waals surface area contributed by atoms with Gasteiger partial charge in [-0.15, -0.1) is 0 Å². The Bertz CT molecular complexity index is 559. The fourth-order valence-electron chi connectivity index (χ4n) is 1.20. The Balaban J connectivity index is 3.07. The van der Waals surface area contributed by atoms with Crippen LogP contribution in [0.4, 0.5) is 8.78 Å². The quantitative estimate of drug-likeness (QED) is 0.828. The molecule has 1 aromatic carbocycles. The number of carbonyl (C=O) groups excluding carboxylic acids is 1. The van der Waals surface area contributed by atoms with Crippen LogP contribution < -0.4 is 4.72 Å². The molecule has 0 saturated heterocycles. The third-order valence-corrected chi connectivity index (χ3v) is 3.63. The predicted octanol–water partition coefficient (Wildman–Crippen LogP) is 0.805. The van der Waals surface area contributed by atoms with Gasteiger partial charge in [0.15, 0.2) is 0 Å². The third-order valence-electron chi connectivity index (χ3n) is 2.07. The summed E-state index contributed by atoms with van der Waals surface area (Å²) in [4.78, 5) is 10.2. The summed E-state index contributed by atoms with van der Waals surface area (Å²) < 4.78 is 55.8. The zero-order chi connectivity index (χ0) is 13.9. The standard InChI is InChI=1S/C10H11F2NO4S/c1-6(10(14)17-2)13-18(15,16)9-5-7(11)3-4-8(9)12/h3-6,13H,1-2H3. The molecule has 1 aromatic rings. The molecule has 0 saturated carbocycles. The van der Waals surface area contributed by atoms with E-state index in [9.17, 15) is 22.0 Å². The molecule has 0 fully saturated rings. The Morgan fingerprint density at radius 1 is 1.39 bits per heavy atom. The number of esters is 1. The van der Waals surface area contributed by atoms with Crippen molar-refractivity contribution in [2.45, 2.75) is 17.9 Å². The average molecular weight is 279 g/mol. The molecular formula is C10H11F2NO4S. The summed E-state index contributed by atoms with van der Waals surface area (Å²) in [5, 5.41) is 0. The van der Waals surface area contributed by atoms with Gasteiger partial charge in [-0.05, 0) is 25.1 Å². The van der Waals surface area contributed by atoms with E-state index in [1.54, 1.807) is 0 Å². The molecule has 1 atom stereocenters. The maximum Gasteiger partial charge on any atom is 0.323 e.